The van der Waals surface area contributed by atoms with Gasteiger partial charge in [0.15, 0.2) is 14.9 Å². The van der Waals surface area contributed by atoms with Gasteiger partial charge in [-0.05, 0) is 37.1 Å². The van der Waals surface area contributed by atoms with Crippen molar-refractivity contribution < 1.29 is 21.6 Å². The van der Waals surface area contributed by atoms with Gasteiger partial charge in [-0.25, -0.2) is 21.8 Å². The molecule has 0 atom stereocenters. The first-order chi connectivity index (χ1) is 12.2. The summed E-state index contributed by atoms with van der Waals surface area (Å²) in [5.74, 6) is 0.584. The summed E-state index contributed by atoms with van der Waals surface area (Å²) in [7, 11) is -4.00. The maximum absolute atomic E-state index is 12.8. The number of aromatic nitrogens is 2. The fraction of sp³-hybridized carbons (Fsp3) is 0.438. The molecule has 1 aliphatic rings. The summed E-state index contributed by atoms with van der Waals surface area (Å²) in [6.07, 6.45) is 3.37. The number of hydrogen-bond donors (Lipinski definition) is 0. The SMILES string of the molecule is COc1ccc(S(=O)(=O)C2CCN(S(=O)(=O)c3cn(C)cn3)CC2)cc1. The van der Waals surface area contributed by atoms with Crippen molar-refractivity contribution in [1.29, 1.82) is 0 Å². The number of sulfone groups is 1. The number of ether oxygens (including phenoxy) is 1. The van der Waals surface area contributed by atoms with Crippen LogP contribution in [0.4, 0.5) is 0 Å². The van der Waals surface area contributed by atoms with E-state index >= 15 is 0 Å². The molecule has 142 valence electrons. The summed E-state index contributed by atoms with van der Waals surface area (Å²) in [6.45, 7) is 0.303. The molecular weight excluding hydrogens is 378 g/mol. The highest BCUT2D eigenvalue weighted by Crippen LogP contribution is 2.28. The third kappa shape index (κ3) is 3.49. The minimum absolute atomic E-state index is 0.0172. The third-order valence-corrected chi connectivity index (χ3v) is 8.58. The van der Waals surface area contributed by atoms with Gasteiger partial charge in [0.25, 0.3) is 10.0 Å². The van der Waals surface area contributed by atoms with E-state index in [1.165, 1.54) is 36.1 Å². The molecule has 0 amide bonds. The van der Waals surface area contributed by atoms with E-state index in [1.54, 1.807) is 23.7 Å². The molecular formula is C16H21N3O5S2. The van der Waals surface area contributed by atoms with Gasteiger partial charge in [0.05, 0.1) is 23.6 Å². The van der Waals surface area contributed by atoms with Crippen molar-refractivity contribution in [3.05, 3.63) is 36.8 Å². The zero-order valence-electron chi connectivity index (χ0n) is 14.6. The van der Waals surface area contributed by atoms with Gasteiger partial charge in [-0.1, -0.05) is 0 Å². The van der Waals surface area contributed by atoms with Crippen molar-refractivity contribution >= 4 is 19.9 Å². The normalized spacial score (nSPS) is 17.3. The average Bonchev–Trinajstić information content (AvgIpc) is 3.09. The van der Waals surface area contributed by atoms with Crippen LogP contribution in [-0.4, -0.2) is 56.1 Å². The van der Waals surface area contributed by atoms with Crippen molar-refractivity contribution in [3.63, 3.8) is 0 Å². The summed E-state index contributed by atoms with van der Waals surface area (Å²) >= 11 is 0. The highest BCUT2D eigenvalue weighted by atomic mass is 32.2. The summed E-state index contributed by atoms with van der Waals surface area (Å²) in [5, 5.41) is -0.623. The monoisotopic (exact) mass is 399 g/mol. The molecule has 0 saturated carbocycles. The first-order valence-electron chi connectivity index (χ1n) is 8.11. The molecule has 0 bridgehead atoms. The number of imidazole rings is 1. The molecule has 3 rings (SSSR count). The van der Waals surface area contributed by atoms with Gasteiger partial charge in [0.2, 0.25) is 0 Å². The molecule has 2 aromatic rings. The Kier molecular flexibility index (Phi) is 5.09. The lowest BCUT2D eigenvalue weighted by atomic mass is 10.2. The van der Waals surface area contributed by atoms with Gasteiger partial charge < -0.3 is 9.30 Å². The number of rotatable bonds is 5. The quantitative estimate of drug-likeness (QED) is 0.745. The predicted octanol–water partition coefficient (Wildman–Crippen LogP) is 1.06. The van der Waals surface area contributed by atoms with E-state index in [0.717, 1.165) is 0 Å². The summed E-state index contributed by atoms with van der Waals surface area (Å²) in [4.78, 5) is 4.12. The number of sulfonamides is 1. The molecule has 1 aliphatic heterocycles. The molecule has 0 radical (unpaired) electrons. The second-order valence-corrected chi connectivity index (χ2v) is 10.3. The second kappa shape index (κ2) is 7.01. The Morgan fingerprint density at radius 2 is 1.69 bits per heavy atom. The fourth-order valence-corrected chi connectivity index (χ4v) is 6.16. The molecule has 2 heterocycles. The van der Waals surface area contributed by atoms with E-state index in [0.29, 0.717) is 5.75 Å². The summed E-state index contributed by atoms with van der Waals surface area (Å²) < 4.78 is 58.7. The van der Waals surface area contributed by atoms with Crippen LogP contribution in [-0.2, 0) is 26.9 Å². The summed E-state index contributed by atoms with van der Waals surface area (Å²) in [6, 6.07) is 6.25. The van der Waals surface area contributed by atoms with Gasteiger partial charge in [0.1, 0.15) is 5.75 Å². The van der Waals surface area contributed by atoms with Crippen molar-refractivity contribution in [1.82, 2.24) is 13.9 Å². The zero-order chi connectivity index (χ0) is 18.9. The third-order valence-electron chi connectivity index (χ3n) is 4.51. The van der Waals surface area contributed by atoms with Crippen LogP contribution in [0.3, 0.4) is 0 Å². The van der Waals surface area contributed by atoms with Crippen molar-refractivity contribution in [2.24, 2.45) is 7.05 Å². The van der Waals surface area contributed by atoms with Crippen LogP contribution >= 0.6 is 0 Å². The van der Waals surface area contributed by atoms with Crippen LogP contribution in [0.15, 0.2) is 46.7 Å². The lowest BCUT2D eigenvalue weighted by Crippen LogP contribution is -2.42. The molecule has 1 aromatic heterocycles. The van der Waals surface area contributed by atoms with Crippen LogP contribution in [0.1, 0.15) is 12.8 Å². The first kappa shape index (κ1) is 18.9. The van der Waals surface area contributed by atoms with Crippen molar-refractivity contribution in [2.45, 2.75) is 28.0 Å². The zero-order valence-corrected chi connectivity index (χ0v) is 16.2. The smallest absolute Gasteiger partial charge is 0.262 e. The molecule has 0 spiro atoms. The Morgan fingerprint density at radius 1 is 1.08 bits per heavy atom. The number of hydrogen-bond acceptors (Lipinski definition) is 6. The maximum Gasteiger partial charge on any atom is 0.262 e. The minimum atomic E-state index is -3.69. The molecule has 1 aromatic carbocycles. The molecule has 8 nitrogen and oxygen atoms in total. The van der Waals surface area contributed by atoms with Crippen LogP contribution in [0.5, 0.6) is 5.75 Å². The van der Waals surface area contributed by atoms with Crippen LogP contribution in [0, 0.1) is 0 Å². The molecule has 26 heavy (non-hydrogen) atoms. The number of nitrogens with zero attached hydrogens (tertiary/aromatic N) is 3. The van der Waals surface area contributed by atoms with Crippen LogP contribution < -0.4 is 4.74 Å². The van der Waals surface area contributed by atoms with E-state index in [-0.39, 0.29) is 35.9 Å². The van der Waals surface area contributed by atoms with Gasteiger partial charge >= 0.3 is 0 Å². The standard InChI is InChI=1S/C16H21N3O5S2/c1-18-11-16(17-12-18)26(22,23)19-9-7-15(8-10-19)25(20,21)14-5-3-13(24-2)4-6-14/h3-6,11-12,15H,7-10H2,1-2H3. The molecule has 10 heteroatoms. The van der Waals surface area contributed by atoms with Crippen LogP contribution in [0.25, 0.3) is 0 Å². The van der Waals surface area contributed by atoms with Crippen molar-refractivity contribution in [2.75, 3.05) is 20.2 Å². The van der Waals surface area contributed by atoms with Gasteiger partial charge in [-0.2, -0.15) is 4.31 Å². The topological polar surface area (TPSA) is 98.6 Å². The number of methoxy groups -OCH3 is 1. The molecule has 1 fully saturated rings. The Morgan fingerprint density at radius 3 is 2.19 bits per heavy atom. The Balaban J connectivity index is 1.73. The highest BCUT2D eigenvalue weighted by Gasteiger charge is 2.36. The van der Waals surface area contributed by atoms with Gasteiger partial charge in [-0.3, -0.25) is 0 Å². The Hall–Kier alpha value is -1.91. The maximum atomic E-state index is 12.8. The average molecular weight is 399 g/mol. The minimum Gasteiger partial charge on any atom is -0.497 e. The van der Waals surface area contributed by atoms with E-state index in [1.807, 2.05) is 0 Å². The molecule has 0 unspecified atom stereocenters. The van der Waals surface area contributed by atoms with Crippen LogP contribution in [0.2, 0.25) is 0 Å². The van der Waals surface area contributed by atoms with E-state index < -0.39 is 25.1 Å². The fourth-order valence-electron chi connectivity index (χ4n) is 2.99. The number of benzene rings is 1. The van der Waals surface area contributed by atoms with E-state index in [4.69, 9.17) is 4.74 Å². The number of piperidine rings is 1. The number of aryl methyl sites for hydroxylation is 1. The highest BCUT2D eigenvalue weighted by molar-refractivity contribution is 7.92. The lowest BCUT2D eigenvalue weighted by molar-refractivity contribution is 0.344. The predicted molar refractivity (Wildman–Crippen MR) is 95.2 cm³/mol. The first-order valence-corrected chi connectivity index (χ1v) is 11.1. The largest absolute Gasteiger partial charge is 0.497 e. The van der Waals surface area contributed by atoms with E-state index in [2.05, 4.69) is 4.98 Å². The van der Waals surface area contributed by atoms with E-state index in [9.17, 15) is 16.8 Å². The Bertz CT molecular complexity index is 973. The van der Waals surface area contributed by atoms with Crippen molar-refractivity contribution in [3.8, 4) is 5.75 Å². The second-order valence-electron chi connectivity index (χ2n) is 6.20. The molecule has 0 N–H and O–H groups in total. The molecule has 1 saturated heterocycles. The van der Waals surface area contributed by atoms with Gasteiger partial charge in [-0.15, -0.1) is 0 Å². The lowest BCUT2D eigenvalue weighted by Gasteiger charge is -2.30. The molecule has 0 aliphatic carbocycles. The summed E-state index contributed by atoms with van der Waals surface area (Å²) in [5.41, 5.74) is 0. The van der Waals surface area contributed by atoms with Gasteiger partial charge in [0, 0.05) is 26.3 Å². The Labute approximate surface area is 153 Å².